The minimum absolute atomic E-state index is 0.114. The second kappa shape index (κ2) is 8.25. The number of ether oxygens (including phenoxy) is 1. The Kier molecular flexibility index (Phi) is 5.58. The highest BCUT2D eigenvalue weighted by Gasteiger charge is 2.07. The van der Waals surface area contributed by atoms with Crippen LogP contribution in [0.5, 0.6) is 5.75 Å². The number of pyridine rings is 1. The van der Waals surface area contributed by atoms with Crippen molar-refractivity contribution >= 4 is 23.4 Å². The third-order valence-corrected chi connectivity index (χ3v) is 4.22. The number of nitrogens with one attached hydrogen (secondary N) is 1. The molecule has 25 heavy (non-hydrogen) atoms. The Bertz CT molecular complexity index is 841. The van der Waals surface area contributed by atoms with Gasteiger partial charge in [0.2, 0.25) is 5.91 Å². The molecule has 0 saturated heterocycles. The lowest BCUT2D eigenvalue weighted by atomic mass is 10.1. The van der Waals surface area contributed by atoms with Gasteiger partial charge in [0.1, 0.15) is 10.8 Å². The van der Waals surface area contributed by atoms with Gasteiger partial charge < -0.3 is 10.1 Å². The molecule has 0 aliphatic heterocycles. The van der Waals surface area contributed by atoms with Crippen molar-refractivity contribution in [1.29, 1.82) is 0 Å². The van der Waals surface area contributed by atoms with E-state index in [1.807, 2.05) is 36.4 Å². The lowest BCUT2D eigenvalue weighted by Crippen LogP contribution is -2.14. The topological polar surface area (TPSA) is 77.0 Å². The van der Waals surface area contributed by atoms with Crippen molar-refractivity contribution in [2.24, 2.45) is 0 Å². The fourth-order valence-electron chi connectivity index (χ4n) is 2.11. The average Bonchev–Trinajstić information content (AvgIpc) is 2.67. The van der Waals surface area contributed by atoms with E-state index >= 15 is 0 Å². The maximum atomic E-state index is 11.9. The van der Waals surface area contributed by atoms with Gasteiger partial charge in [0, 0.05) is 11.8 Å². The van der Waals surface area contributed by atoms with E-state index in [4.69, 9.17) is 4.74 Å². The first-order valence-corrected chi connectivity index (χ1v) is 8.54. The first kappa shape index (κ1) is 16.9. The molecule has 0 saturated carbocycles. The first-order chi connectivity index (χ1) is 12.2. The number of aromatic nitrogens is 3. The predicted octanol–water partition coefficient (Wildman–Crippen LogP) is 3.28. The SMILES string of the molecule is COc1cccc(-c2ccc(SCC(=O)Nc3cccnc3)nn2)c1. The molecule has 0 bridgehead atoms. The molecular formula is C18H16N4O2S. The molecule has 0 aliphatic rings. The average molecular weight is 352 g/mol. The number of carbonyl (C=O) groups is 1. The molecule has 3 rings (SSSR count). The Morgan fingerprint density at radius 2 is 2.08 bits per heavy atom. The maximum Gasteiger partial charge on any atom is 0.234 e. The fraction of sp³-hybridized carbons (Fsp3) is 0.111. The third-order valence-electron chi connectivity index (χ3n) is 3.30. The minimum Gasteiger partial charge on any atom is -0.497 e. The van der Waals surface area contributed by atoms with E-state index in [-0.39, 0.29) is 11.7 Å². The number of amides is 1. The Balaban J connectivity index is 1.58. The van der Waals surface area contributed by atoms with E-state index in [2.05, 4.69) is 20.5 Å². The number of benzene rings is 1. The van der Waals surface area contributed by atoms with Crippen LogP contribution >= 0.6 is 11.8 Å². The summed E-state index contributed by atoms with van der Waals surface area (Å²) in [7, 11) is 1.63. The molecule has 1 amide bonds. The molecule has 1 N–H and O–H groups in total. The molecule has 0 aliphatic carbocycles. The van der Waals surface area contributed by atoms with Crippen LogP contribution in [0, 0.1) is 0 Å². The number of methoxy groups -OCH3 is 1. The van der Waals surface area contributed by atoms with Crippen LogP contribution in [0.3, 0.4) is 0 Å². The van der Waals surface area contributed by atoms with Crippen molar-refractivity contribution in [2.75, 3.05) is 18.2 Å². The van der Waals surface area contributed by atoms with Crippen molar-refractivity contribution in [2.45, 2.75) is 5.03 Å². The summed E-state index contributed by atoms with van der Waals surface area (Å²) in [6, 6.07) is 14.9. The zero-order valence-corrected chi connectivity index (χ0v) is 14.4. The molecule has 0 radical (unpaired) electrons. The van der Waals surface area contributed by atoms with Crippen molar-refractivity contribution in [1.82, 2.24) is 15.2 Å². The van der Waals surface area contributed by atoms with Crippen molar-refractivity contribution in [3.05, 3.63) is 60.9 Å². The van der Waals surface area contributed by atoms with Gasteiger partial charge in [-0.05, 0) is 36.4 Å². The Morgan fingerprint density at radius 1 is 1.16 bits per heavy atom. The van der Waals surface area contributed by atoms with Crippen molar-refractivity contribution in [3.63, 3.8) is 0 Å². The highest BCUT2D eigenvalue weighted by Crippen LogP contribution is 2.23. The van der Waals surface area contributed by atoms with Crippen LogP contribution in [0.1, 0.15) is 0 Å². The van der Waals surface area contributed by atoms with E-state index in [1.54, 1.807) is 31.6 Å². The Morgan fingerprint density at radius 3 is 2.80 bits per heavy atom. The second-order valence-electron chi connectivity index (χ2n) is 5.07. The molecule has 7 heteroatoms. The number of nitrogens with zero attached hydrogens (tertiary/aromatic N) is 3. The largest absolute Gasteiger partial charge is 0.497 e. The Labute approximate surface area is 149 Å². The zero-order valence-electron chi connectivity index (χ0n) is 13.5. The van der Waals surface area contributed by atoms with E-state index < -0.39 is 0 Å². The lowest BCUT2D eigenvalue weighted by molar-refractivity contribution is -0.113. The van der Waals surface area contributed by atoms with Crippen molar-refractivity contribution < 1.29 is 9.53 Å². The molecule has 126 valence electrons. The van der Waals surface area contributed by atoms with Gasteiger partial charge in [0.25, 0.3) is 0 Å². The van der Waals surface area contributed by atoms with Gasteiger partial charge in [-0.25, -0.2) is 0 Å². The molecule has 0 atom stereocenters. The third kappa shape index (κ3) is 4.77. The van der Waals surface area contributed by atoms with Crippen LogP contribution in [-0.2, 0) is 4.79 Å². The van der Waals surface area contributed by atoms with E-state index in [0.717, 1.165) is 17.0 Å². The molecule has 6 nitrogen and oxygen atoms in total. The molecule has 2 aromatic heterocycles. The van der Waals surface area contributed by atoms with Crippen LogP contribution < -0.4 is 10.1 Å². The van der Waals surface area contributed by atoms with Crippen molar-refractivity contribution in [3.8, 4) is 17.0 Å². The van der Waals surface area contributed by atoms with E-state index in [0.29, 0.717) is 10.7 Å². The van der Waals surface area contributed by atoms with Gasteiger partial charge in [-0.2, -0.15) is 0 Å². The minimum atomic E-state index is -0.114. The summed E-state index contributed by atoms with van der Waals surface area (Å²) in [5.41, 5.74) is 2.35. The first-order valence-electron chi connectivity index (χ1n) is 7.55. The normalized spacial score (nSPS) is 10.3. The summed E-state index contributed by atoms with van der Waals surface area (Å²) in [4.78, 5) is 15.9. The van der Waals surface area contributed by atoms with Crippen LogP contribution in [0.2, 0.25) is 0 Å². The zero-order chi connectivity index (χ0) is 17.5. The second-order valence-corrected chi connectivity index (χ2v) is 6.06. The van der Waals surface area contributed by atoms with E-state index in [9.17, 15) is 4.79 Å². The number of hydrogen-bond donors (Lipinski definition) is 1. The number of hydrogen-bond acceptors (Lipinski definition) is 6. The Hall–Kier alpha value is -2.93. The molecule has 0 unspecified atom stereocenters. The van der Waals surface area contributed by atoms with Gasteiger partial charge in [0.05, 0.1) is 30.4 Å². The van der Waals surface area contributed by atoms with E-state index in [1.165, 1.54) is 11.8 Å². The fourth-order valence-corrected chi connectivity index (χ4v) is 2.72. The summed E-state index contributed by atoms with van der Waals surface area (Å²) in [5.74, 6) is 0.906. The van der Waals surface area contributed by atoms with Gasteiger partial charge in [0.15, 0.2) is 0 Å². The monoisotopic (exact) mass is 352 g/mol. The van der Waals surface area contributed by atoms with Crippen LogP contribution in [0.25, 0.3) is 11.3 Å². The quantitative estimate of drug-likeness (QED) is 0.686. The van der Waals surface area contributed by atoms with Gasteiger partial charge >= 0.3 is 0 Å². The molecule has 0 fully saturated rings. The van der Waals surface area contributed by atoms with Crippen LogP contribution in [0.4, 0.5) is 5.69 Å². The summed E-state index contributed by atoms with van der Waals surface area (Å²) >= 11 is 1.33. The highest BCUT2D eigenvalue weighted by molar-refractivity contribution is 7.99. The summed E-state index contributed by atoms with van der Waals surface area (Å²) < 4.78 is 5.21. The molecular weight excluding hydrogens is 336 g/mol. The maximum absolute atomic E-state index is 11.9. The van der Waals surface area contributed by atoms with Gasteiger partial charge in [-0.1, -0.05) is 23.9 Å². The summed E-state index contributed by atoms with van der Waals surface area (Å²) in [5, 5.41) is 11.9. The van der Waals surface area contributed by atoms with Gasteiger partial charge in [-0.3, -0.25) is 9.78 Å². The number of rotatable bonds is 6. The van der Waals surface area contributed by atoms with Gasteiger partial charge in [-0.15, -0.1) is 10.2 Å². The van der Waals surface area contributed by atoms with Crippen LogP contribution in [0.15, 0.2) is 66.0 Å². The lowest BCUT2D eigenvalue weighted by Gasteiger charge is -2.05. The number of anilines is 1. The molecule has 2 heterocycles. The molecule has 0 spiro atoms. The number of carbonyl (C=O) groups excluding carboxylic acids is 1. The highest BCUT2D eigenvalue weighted by atomic mass is 32.2. The molecule has 1 aromatic carbocycles. The summed E-state index contributed by atoms with van der Waals surface area (Å²) in [6.07, 6.45) is 3.26. The molecule has 3 aromatic rings. The number of thioether (sulfide) groups is 1. The van der Waals surface area contributed by atoms with Crippen LogP contribution in [-0.4, -0.2) is 34.0 Å². The predicted molar refractivity (Wildman–Crippen MR) is 97.6 cm³/mol. The standard InChI is InChI=1S/C18H16N4O2S/c1-24-15-6-2-4-13(10-15)16-7-8-18(22-21-16)25-12-17(23)20-14-5-3-9-19-11-14/h2-11H,12H2,1H3,(H,20,23). The summed E-state index contributed by atoms with van der Waals surface area (Å²) in [6.45, 7) is 0. The smallest absolute Gasteiger partial charge is 0.234 e.